The number of urea groups is 1. The third-order valence-electron chi connectivity index (χ3n) is 5.45. The summed E-state index contributed by atoms with van der Waals surface area (Å²) >= 11 is 3.51. The van der Waals surface area contributed by atoms with Crippen molar-refractivity contribution >= 4 is 39.5 Å². The first-order valence-electron chi connectivity index (χ1n) is 10.0. The van der Waals surface area contributed by atoms with Crippen LogP contribution in [0, 0.1) is 0 Å². The molecule has 2 N–H and O–H groups in total. The van der Waals surface area contributed by atoms with Crippen molar-refractivity contribution in [2.45, 2.75) is 19.5 Å². The summed E-state index contributed by atoms with van der Waals surface area (Å²) in [5, 5.41) is 5.90. The van der Waals surface area contributed by atoms with Crippen molar-refractivity contribution < 1.29 is 23.9 Å². The molecule has 8 nitrogen and oxygen atoms in total. The molecule has 9 heteroatoms. The molecule has 0 aromatic heterocycles. The Morgan fingerprint density at radius 1 is 1.19 bits per heavy atom. The topological polar surface area (TPSA) is 97.0 Å². The number of ether oxygens (including phenoxy) is 2. The number of nitrogens with zero attached hydrogens (tertiary/aromatic N) is 1. The third kappa shape index (κ3) is 4.34. The smallest absolute Gasteiger partial charge is 0.320 e. The van der Waals surface area contributed by atoms with Crippen molar-refractivity contribution in [3.63, 3.8) is 0 Å². The first-order valence-corrected chi connectivity index (χ1v) is 10.8. The van der Waals surface area contributed by atoms with Gasteiger partial charge in [0.25, 0.3) is 5.91 Å². The Morgan fingerprint density at radius 3 is 2.69 bits per heavy atom. The van der Waals surface area contributed by atoms with Crippen LogP contribution in [0.5, 0.6) is 5.75 Å². The first-order chi connectivity index (χ1) is 15.4. The van der Waals surface area contributed by atoms with Crippen LogP contribution >= 0.6 is 15.9 Å². The SMILES string of the molecule is COc1ccc(C2NC(=O)NC3=C2CN(C(=O)COC(C)=O)Cc2ccccc23)cc1Br. The van der Waals surface area contributed by atoms with E-state index in [0.29, 0.717) is 18.0 Å². The molecule has 2 aliphatic heterocycles. The molecule has 2 aromatic rings. The number of benzene rings is 2. The lowest BCUT2D eigenvalue weighted by atomic mass is 9.92. The van der Waals surface area contributed by atoms with Gasteiger partial charge in [0.2, 0.25) is 0 Å². The number of halogens is 1. The summed E-state index contributed by atoms with van der Waals surface area (Å²) in [6.07, 6.45) is 0. The van der Waals surface area contributed by atoms with Crippen LogP contribution in [0.4, 0.5) is 4.79 Å². The number of hydrogen-bond acceptors (Lipinski definition) is 5. The second kappa shape index (κ2) is 9.04. The van der Waals surface area contributed by atoms with Gasteiger partial charge >= 0.3 is 12.0 Å². The molecule has 2 aromatic carbocycles. The predicted octanol–water partition coefficient (Wildman–Crippen LogP) is 3.13. The number of methoxy groups -OCH3 is 1. The van der Waals surface area contributed by atoms with Crippen LogP contribution in [0.15, 0.2) is 52.5 Å². The normalized spacial score (nSPS) is 17.4. The van der Waals surface area contributed by atoms with Crippen LogP contribution in [0.25, 0.3) is 5.70 Å². The number of carbonyl (C=O) groups excluding carboxylic acids is 3. The predicted molar refractivity (Wildman–Crippen MR) is 121 cm³/mol. The van der Waals surface area contributed by atoms with Gasteiger partial charge in [-0.15, -0.1) is 0 Å². The van der Waals surface area contributed by atoms with Crippen LogP contribution in [0.2, 0.25) is 0 Å². The maximum atomic E-state index is 12.9. The summed E-state index contributed by atoms with van der Waals surface area (Å²) in [4.78, 5) is 38.3. The largest absolute Gasteiger partial charge is 0.496 e. The van der Waals surface area contributed by atoms with E-state index in [1.54, 1.807) is 12.0 Å². The summed E-state index contributed by atoms with van der Waals surface area (Å²) in [5.41, 5.74) is 4.11. The molecule has 0 saturated heterocycles. The minimum Gasteiger partial charge on any atom is -0.496 e. The van der Waals surface area contributed by atoms with Gasteiger partial charge in [-0.1, -0.05) is 30.3 Å². The van der Waals surface area contributed by atoms with Crippen molar-refractivity contribution in [1.29, 1.82) is 0 Å². The van der Waals surface area contributed by atoms with E-state index in [2.05, 4.69) is 26.6 Å². The summed E-state index contributed by atoms with van der Waals surface area (Å²) in [6.45, 7) is 1.52. The van der Waals surface area contributed by atoms with Crippen LogP contribution in [-0.2, 0) is 20.9 Å². The Kier molecular flexibility index (Phi) is 6.18. The highest BCUT2D eigenvalue weighted by atomic mass is 79.9. The molecule has 0 fully saturated rings. The molecule has 3 amide bonds. The molecule has 0 radical (unpaired) electrons. The zero-order valence-corrected chi connectivity index (χ0v) is 19.2. The Labute approximate surface area is 193 Å². The van der Waals surface area contributed by atoms with Crippen molar-refractivity contribution in [1.82, 2.24) is 15.5 Å². The molecule has 1 unspecified atom stereocenters. The van der Waals surface area contributed by atoms with Crippen LogP contribution < -0.4 is 15.4 Å². The second-order valence-electron chi connectivity index (χ2n) is 7.51. The third-order valence-corrected chi connectivity index (χ3v) is 6.07. The van der Waals surface area contributed by atoms with E-state index in [-0.39, 0.29) is 25.1 Å². The summed E-state index contributed by atoms with van der Waals surface area (Å²) < 4.78 is 11.0. The van der Waals surface area contributed by atoms with Crippen LogP contribution in [0.1, 0.15) is 29.7 Å². The molecule has 0 bridgehead atoms. The summed E-state index contributed by atoms with van der Waals surface area (Å²) in [6, 6.07) is 12.4. The number of hydrogen-bond donors (Lipinski definition) is 2. The summed E-state index contributed by atoms with van der Waals surface area (Å²) in [7, 11) is 1.58. The van der Waals surface area contributed by atoms with Crippen LogP contribution in [-0.4, -0.2) is 43.1 Å². The average molecular weight is 500 g/mol. The molecular weight excluding hydrogens is 478 g/mol. The Bertz CT molecular complexity index is 1130. The molecule has 0 spiro atoms. The number of esters is 1. The fraction of sp³-hybridized carbons (Fsp3) is 0.261. The minimum absolute atomic E-state index is 0.256. The van der Waals surface area contributed by atoms with Gasteiger partial charge in [0, 0.05) is 31.1 Å². The number of fused-ring (bicyclic) bond motifs is 2. The van der Waals surface area contributed by atoms with E-state index >= 15 is 0 Å². The lowest BCUT2D eigenvalue weighted by Gasteiger charge is -2.32. The van der Waals surface area contributed by atoms with Gasteiger partial charge in [-0.05, 0) is 39.2 Å². The highest BCUT2D eigenvalue weighted by molar-refractivity contribution is 9.10. The van der Waals surface area contributed by atoms with Crippen molar-refractivity contribution in [3.05, 3.63) is 69.2 Å². The van der Waals surface area contributed by atoms with E-state index < -0.39 is 12.0 Å². The van der Waals surface area contributed by atoms with Gasteiger partial charge in [0.05, 0.1) is 23.3 Å². The molecule has 0 saturated carbocycles. The molecule has 4 rings (SSSR count). The van der Waals surface area contributed by atoms with Crippen molar-refractivity contribution in [2.75, 3.05) is 20.3 Å². The fourth-order valence-electron chi connectivity index (χ4n) is 3.95. The van der Waals surface area contributed by atoms with E-state index in [1.807, 2.05) is 42.5 Å². The quantitative estimate of drug-likeness (QED) is 0.629. The maximum Gasteiger partial charge on any atom is 0.320 e. The monoisotopic (exact) mass is 499 g/mol. The molecule has 32 heavy (non-hydrogen) atoms. The minimum atomic E-state index is -0.513. The Hall–Kier alpha value is -3.33. The number of nitrogens with one attached hydrogen (secondary N) is 2. The first kappa shape index (κ1) is 21.9. The zero-order chi connectivity index (χ0) is 22.8. The molecule has 0 aliphatic carbocycles. The van der Waals surface area contributed by atoms with E-state index in [1.165, 1.54) is 6.92 Å². The molecule has 1 atom stereocenters. The van der Waals surface area contributed by atoms with E-state index in [4.69, 9.17) is 9.47 Å². The maximum absolute atomic E-state index is 12.9. The van der Waals surface area contributed by atoms with Gasteiger partial charge in [-0.2, -0.15) is 0 Å². The molecule has 2 heterocycles. The van der Waals surface area contributed by atoms with Gasteiger partial charge in [0.15, 0.2) is 6.61 Å². The highest BCUT2D eigenvalue weighted by Crippen LogP contribution is 2.37. The standard InChI is InChI=1S/C23H22BrN3O5/c1-13(28)32-12-20(29)27-10-15-5-3-4-6-16(15)22-17(11-27)21(25-23(30)26-22)14-7-8-19(31-2)18(24)9-14/h3-9,21H,10-12H2,1-2H3,(H2,25,26,30). The van der Waals surface area contributed by atoms with E-state index in [9.17, 15) is 14.4 Å². The lowest BCUT2D eigenvalue weighted by molar-refractivity contribution is -0.150. The highest BCUT2D eigenvalue weighted by Gasteiger charge is 2.34. The Balaban J connectivity index is 1.79. The lowest BCUT2D eigenvalue weighted by Crippen LogP contribution is -2.45. The number of amides is 3. The second-order valence-corrected chi connectivity index (χ2v) is 8.37. The molecular formula is C23H22BrN3O5. The van der Waals surface area contributed by atoms with Gasteiger partial charge in [0.1, 0.15) is 5.75 Å². The van der Waals surface area contributed by atoms with Gasteiger partial charge in [-0.3, -0.25) is 9.59 Å². The van der Waals surface area contributed by atoms with Gasteiger partial charge < -0.3 is 25.0 Å². The number of carbonyl (C=O) groups is 3. The fourth-order valence-corrected chi connectivity index (χ4v) is 4.51. The number of rotatable bonds is 4. The zero-order valence-electron chi connectivity index (χ0n) is 17.6. The molecule has 2 aliphatic rings. The average Bonchev–Trinajstić information content (AvgIpc) is 2.94. The van der Waals surface area contributed by atoms with Crippen molar-refractivity contribution in [3.8, 4) is 5.75 Å². The van der Waals surface area contributed by atoms with E-state index in [0.717, 1.165) is 26.7 Å². The van der Waals surface area contributed by atoms with Crippen LogP contribution in [0.3, 0.4) is 0 Å². The Morgan fingerprint density at radius 2 is 1.97 bits per heavy atom. The summed E-state index contributed by atoms with van der Waals surface area (Å²) in [5.74, 6) is -0.149. The van der Waals surface area contributed by atoms with Crippen molar-refractivity contribution in [2.24, 2.45) is 0 Å². The molecule has 166 valence electrons. The van der Waals surface area contributed by atoms with Gasteiger partial charge in [-0.25, -0.2) is 4.79 Å².